The Hall–Kier alpha value is -0.500. The first-order valence-electron chi connectivity index (χ1n) is 3.27. The minimum atomic E-state index is 0.245. The van der Waals surface area contributed by atoms with Crippen LogP contribution >= 0.6 is 11.8 Å². The Kier molecular flexibility index (Phi) is 1.42. The van der Waals surface area contributed by atoms with Crippen molar-refractivity contribution in [2.75, 3.05) is 0 Å². The van der Waals surface area contributed by atoms with Gasteiger partial charge >= 0.3 is 0 Å². The van der Waals surface area contributed by atoms with E-state index in [1.807, 2.05) is 6.08 Å². The molecule has 1 aliphatic heterocycles. The molecule has 1 nitrogen and oxygen atoms in total. The Labute approximate surface area is 64.2 Å². The largest absolute Gasteiger partial charge is 0.294 e. The van der Waals surface area contributed by atoms with Crippen molar-refractivity contribution in [3.05, 3.63) is 28.4 Å². The molecule has 0 amide bonds. The molecule has 0 saturated carbocycles. The third-order valence-corrected chi connectivity index (χ3v) is 2.71. The molecule has 0 aromatic carbocycles. The van der Waals surface area contributed by atoms with Crippen molar-refractivity contribution in [3.8, 4) is 0 Å². The molecule has 1 heterocycles. The lowest BCUT2D eigenvalue weighted by atomic mass is 10.0. The van der Waals surface area contributed by atoms with E-state index in [-0.39, 0.29) is 5.78 Å². The van der Waals surface area contributed by atoms with Crippen LogP contribution in [0.1, 0.15) is 12.8 Å². The van der Waals surface area contributed by atoms with Gasteiger partial charge in [0.1, 0.15) is 0 Å². The summed E-state index contributed by atoms with van der Waals surface area (Å²) in [5, 5.41) is 0. The molecule has 10 heavy (non-hydrogen) atoms. The van der Waals surface area contributed by atoms with Crippen molar-refractivity contribution in [2.24, 2.45) is 0 Å². The summed E-state index contributed by atoms with van der Waals surface area (Å²) >= 11 is 1.74. The van der Waals surface area contributed by atoms with Gasteiger partial charge in [-0.3, -0.25) is 4.79 Å². The monoisotopic (exact) mass is 151 g/mol. The van der Waals surface area contributed by atoms with E-state index in [4.69, 9.17) is 0 Å². The zero-order valence-electron chi connectivity index (χ0n) is 5.46. The van der Waals surface area contributed by atoms with Gasteiger partial charge in [0.15, 0.2) is 5.78 Å². The van der Waals surface area contributed by atoms with E-state index in [1.54, 1.807) is 17.8 Å². The first-order chi connectivity index (χ1) is 4.86. The van der Waals surface area contributed by atoms with Gasteiger partial charge in [0.25, 0.3) is 0 Å². The molecule has 1 aliphatic carbocycles. The summed E-state index contributed by atoms with van der Waals surface area (Å²) in [7, 11) is 0. The van der Waals surface area contributed by atoms with Crippen LogP contribution in [0.3, 0.4) is 0 Å². The maximum Gasteiger partial charge on any atom is 0.159 e. The van der Waals surface area contributed by atoms with E-state index < -0.39 is 0 Å². The molecule has 0 unspecified atom stereocenters. The van der Waals surface area contributed by atoms with Crippen molar-refractivity contribution >= 4 is 17.5 Å². The van der Waals surface area contributed by atoms with Crippen molar-refractivity contribution in [3.63, 3.8) is 0 Å². The highest BCUT2D eigenvalue weighted by atomic mass is 32.2. The molecule has 0 aromatic heterocycles. The molecule has 0 aromatic rings. The van der Waals surface area contributed by atoms with Gasteiger partial charge in [-0.1, -0.05) is 0 Å². The first kappa shape index (κ1) is 6.23. The smallest absolute Gasteiger partial charge is 0.159 e. The van der Waals surface area contributed by atoms with Crippen LogP contribution in [-0.2, 0) is 4.79 Å². The van der Waals surface area contributed by atoms with Crippen LogP contribution in [0.15, 0.2) is 22.6 Å². The van der Waals surface area contributed by atoms with Gasteiger partial charge in [-0.25, -0.2) is 0 Å². The van der Waals surface area contributed by atoms with Gasteiger partial charge in [0.05, 0.1) is 0 Å². The number of thioether (sulfide) groups is 1. The average molecular weight is 151 g/mol. The SMILES string of the molecule is O=C1C=CC2=C(C[CH]S2)C1. The molecule has 2 aliphatic rings. The van der Waals surface area contributed by atoms with Gasteiger partial charge in [0, 0.05) is 17.1 Å². The lowest BCUT2D eigenvalue weighted by molar-refractivity contribution is -0.114. The lowest BCUT2D eigenvalue weighted by Gasteiger charge is -2.04. The van der Waals surface area contributed by atoms with Gasteiger partial charge in [-0.15, -0.1) is 11.8 Å². The molecular weight excluding hydrogens is 144 g/mol. The molecule has 0 saturated heterocycles. The van der Waals surface area contributed by atoms with E-state index in [0.717, 1.165) is 6.42 Å². The Bertz CT molecular complexity index is 238. The Morgan fingerprint density at radius 3 is 3.20 bits per heavy atom. The summed E-state index contributed by atoms with van der Waals surface area (Å²) in [5.41, 5.74) is 1.30. The van der Waals surface area contributed by atoms with Gasteiger partial charge in [-0.05, 0) is 24.1 Å². The first-order valence-corrected chi connectivity index (χ1v) is 4.15. The van der Waals surface area contributed by atoms with Crippen LogP contribution < -0.4 is 0 Å². The Balaban J connectivity index is 2.30. The fourth-order valence-corrected chi connectivity index (χ4v) is 2.10. The fourth-order valence-electron chi connectivity index (χ4n) is 1.17. The molecule has 2 rings (SSSR count). The minimum absolute atomic E-state index is 0.245. The highest BCUT2D eigenvalue weighted by molar-refractivity contribution is 8.05. The Morgan fingerprint density at radius 1 is 1.40 bits per heavy atom. The third kappa shape index (κ3) is 0.926. The number of rotatable bonds is 0. The zero-order chi connectivity index (χ0) is 6.97. The number of carbonyl (C=O) groups excluding carboxylic acids is 1. The predicted molar refractivity (Wildman–Crippen MR) is 42.3 cm³/mol. The number of carbonyl (C=O) groups is 1. The molecule has 2 heteroatoms. The molecule has 0 spiro atoms. The highest BCUT2D eigenvalue weighted by Crippen LogP contribution is 2.39. The highest BCUT2D eigenvalue weighted by Gasteiger charge is 2.18. The molecule has 0 atom stereocenters. The van der Waals surface area contributed by atoms with E-state index in [1.165, 1.54) is 10.5 Å². The number of allylic oxidation sites excluding steroid dienone is 3. The molecule has 1 radical (unpaired) electrons. The minimum Gasteiger partial charge on any atom is -0.294 e. The van der Waals surface area contributed by atoms with E-state index >= 15 is 0 Å². The van der Waals surface area contributed by atoms with E-state index in [2.05, 4.69) is 5.75 Å². The summed E-state index contributed by atoms with van der Waals surface area (Å²) in [6.07, 6.45) is 5.24. The third-order valence-electron chi connectivity index (χ3n) is 1.70. The topological polar surface area (TPSA) is 17.1 Å². The maximum absolute atomic E-state index is 10.9. The molecule has 0 N–H and O–H groups in total. The van der Waals surface area contributed by atoms with Crippen LogP contribution in [0.25, 0.3) is 0 Å². The molecule has 0 bridgehead atoms. The summed E-state index contributed by atoms with van der Waals surface area (Å²) in [4.78, 5) is 12.2. The normalized spacial score (nSPS) is 23.8. The predicted octanol–water partition coefficient (Wildman–Crippen LogP) is 2.07. The van der Waals surface area contributed by atoms with Crippen LogP contribution in [0.5, 0.6) is 0 Å². The Morgan fingerprint density at radius 2 is 2.30 bits per heavy atom. The summed E-state index contributed by atoms with van der Waals surface area (Å²) in [6, 6.07) is 0. The zero-order valence-corrected chi connectivity index (χ0v) is 6.28. The van der Waals surface area contributed by atoms with Crippen LogP contribution in [-0.4, -0.2) is 5.78 Å². The van der Waals surface area contributed by atoms with Gasteiger partial charge in [-0.2, -0.15) is 0 Å². The van der Waals surface area contributed by atoms with Crippen LogP contribution in [0.4, 0.5) is 0 Å². The lowest BCUT2D eigenvalue weighted by Crippen LogP contribution is -1.99. The summed E-state index contributed by atoms with van der Waals surface area (Å²) in [6.45, 7) is 0. The number of ketones is 1. The second-order valence-corrected chi connectivity index (χ2v) is 3.44. The second kappa shape index (κ2) is 2.27. The summed E-state index contributed by atoms with van der Waals surface area (Å²) in [5.74, 6) is 2.39. The van der Waals surface area contributed by atoms with E-state index in [0.29, 0.717) is 6.42 Å². The van der Waals surface area contributed by atoms with Crippen LogP contribution in [0.2, 0.25) is 0 Å². The summed E-state index contributed by atoms with van der Waals surface area (Å²) < 4.78 is 0. The standard InChI is InChI=1S/C8H7OS/c9-7-1-2-8-6(5-7)3-4-10-8/h1-2,4H,3,5H2. The molecule has 51 valence electrons. The molecular formula is C8H7OS. The fraction of sp³-hybridized carbons (Fsp3) is 0.250. The van der Waals surface area contributed by atoms with E-state index in [9.17, 15) is 4.79 Å². The quantitative estimate of drug-likeness (QED) is 0.527. The maximum atomic E-state index is 10.9. The molecule has 0 fully saturated rings. The van der Waals surface area contributed by atoms with Gasteiger partial charge < -0.3 is 0 Å². The van der Waals surface area contributed by atoms with Crippen molar-refractivity contribution in [1.29, 1.82) is 0 Å². The van der Waals surface area contributed by atoms with Crippen molar-refractivity contribution in [2.45, 2.75) is 12.8 Å². The van der Waals surface area contributed by atoms with Gasteiger partial charge in [0.2, 0.25) is 0 Å². The number of hydrogen-bond acceptors (Lipinski definition) is 2. The second-order valence-electron chi connectivity index (χ2n) is 2.43. The van der Waals surface area contributed by atoms with Crippen molar-refractivity contribution in [1.82, 2.24) is 0 Å². The number of hydrogen-bond donors (Lipinski definition) is 0. The average Bonchev–Trinajstić information content (AvgIpc) is 2.33. The van der Waals surface area contributed by atoms with Crippen LogP contribution in [0, 0.1) is 5.75 Å². The van der Waals surface area contributed by atoms with Crippen molar-refractivity contribution < 1.29 is 4.79 Å².